The number of piperidine rings is 1. The van der Waals surface area contributed by atoms with Crippen LogP contribution in [0.25, 0.3) is 0 Å². The maximum atomic E-state index is 14.3. The van der Waals surface area contributed by atoms with Crippen molar-refractivity contribution >= 4 is 5.82 Å². The number of aromatic nitrogens is 2. The van der Waals surface area contributed by atoms with Gasteiger partial charge in [-0.25, -0.2) is 14.4 Å². The van der Waals surface area contributed by atoms with E-state index in [2.05, 4.69) is 20.2 Å². The van der Waals surface area contributed by atoms with Crippen molar-refractivity contribution in [3.63, 3.8) is 0 Å². The van der Waals surface area contributed by atoms with Crippen LogP contribution in [0.5, 0.6) is 0 Å². The molecule has 5 heteroatoms. The standard InChI is InChI=1S/C15H23FN4/c1-2-12-14(16)15(19-10-18-12)20-8-5-11(6-9-20)13-4-3-7-17-13/h10-11,13,17H,2-9H2,1H3. The third kappa shape index (κ3) is 2.64. The van der Waals surface area contributed by atoms with Crippen LogP contribution in [-0.4, -0.2) is 35.6 Å². The van der Waals surface area contributed by atoms with E-state index in [9.17, 15) is 4.39 Å². The van der Waals surface area contributed by atoms with Gasteiger partial charge in [-0.05, 0) is 44.6 Å². The summed E-state index contributed by atoms with van der Waals surface area (Å²) in [5.41, 5.74) is 0.523. The zero-order chi connectivity index (χ0) is 13.9. The van der Waals surface area contributed by atoms with E-state index in [-0.39, 0.29) is 5.82 Å². The molecule has 3 heterocycles. The molecule has 0 radical (unpaired) electrons. The van der Waals surface area contributed by atoms with Crippen LogP contribution in [0.3, 0.4) is 0 Å². The lowest BCUT2D eigenvalue weighted by molar-refractivity contribution is 0.317. The Morgan fingerprint density at radius 2 is 2.10 bits per heavy atom. The molecular weight excluding hydrogens is 255 g/mol. The van der Waals surface area contributed by atoms with Crippen molar-refractivity contribution in [1.82, 2.24) is 15.3 Å². The van der Waals surface area contributed by atoms with Gasteiger partial charge in [-0.15, -0.1) is 0 Å². The lowest BCUT2D eigenvalue weighted by Crippen LogP contribution is -2.41. The summed E-state index contributed by atoms with van der Waals surface area (Å²) in [6, 6.07) is 0.679. The lowest BCUT2D eigenvalue weighted by atomic mass is 9.88. The highest BCUT2D eigenvalue weighted by atomic mass is 19.1. The topological polar surface area (TPSA) is 41.1 Å². The first kappa shape index (κ1) is 13.7. The van der Waals surface area contributed by atoms with E-state index in [1.54, 1.807) is 0 Å². The molecule has 0 saturated carbocycles. The molecule has 3 rings (SSSR count). The first-order chi connectivity index (χ1) is 9.79. The molecule has 20 heavy (non-hydrogen) atoms. The molecule has 2 aliphatic heterocycles. The molecule has 0 bridgehead atoms. The maximum absolute atomic E-state index is 14.3. The van der Waals surface area contributed by atoms with Crippen molar-refractivity contribution in [2.24, 2.45) is 5.92 Å². The second-order valence-electron chi connectivity index (χ2n) is 5.84. The van der Waals surface area contributed by atoms with E-state index < -0.39 is 0 Å². The Morgan fingerprint density at radius 1 is 1.30 bits per heavy atom. The smallest absolute Gasteiger partial charge is 0.187 e. The first-order valence-corrected chi connectivity index (χ1v) is 7.77. The number of hydrogen-bond acceptors (Lipinski definition) is 4. The van der Waals surface area contributed by atoms with Gasteiger partial charge in [0.25, 0.3) is 0 Å². The summed E-state index contributed by atoms with van der Waals surface area (Å²) in [7, 11) is 0. The van der Waals surface area contributed by atoms with Crippen LogP contribution in [0, 0.1) is 11.7 Å². The minimum Gasteiger partial charge on any atom is -0.354 e. The number of hydrogen-bond donors (Lipinski definition) is 1. The molecule has 2 fully saturated rings. The molecule has 0 spiro atoms. The molecule has 1 aromatic heterocycles. The lowest BCUT2D eigenvalue weighted by Gasteiger charge is -2.35. The molecule has 0 amide bonds. The fourth-order valence-electron chi connectivity index (χ4n) is 3.49. The summed E-state index contributed by atoms with van der Waals surface area (Å²) >= 11 is 0. The number of halogens is 1. The molecule has 0 aromatic carbocycles. The van der Waals surface area contributed by atoms with Crippen LogP contribution >= 0.6 is 0 Å². The quantitative estimate of drug-likeness (QED) is 0.920. The normalized spacial score (nSPS) is 24.3. The average Bonchev–Trinajstić information content (AvgIpc) is 3.02. The highest BCUT2D eigenvalue weighted by molar-refractivity contribution is 5.41. The summed E-state index contributed by atoms with van der Waals surface area (Å²) in [5, 5.41) is 3.59. The number of rotatable bonds is 3. The van der Waals surface area contributed by atoms with E-state index in [1.165, 1.54) is 19.2 Å². The van der Waals surface area contributed by atoms with Gasteiger partial charge in [-0.2, -0.15) is 0 Å². The third-order valence-corrected chi connectivity index (χ3v) is 4.68. The number of anilines is 1. The zero-order valence-corrected chi connectivity index (χ0v) is 12.1. The van der Waals surface area contributed by atoms with Crippen molar-refractivity contribution < 1.29 is 4.39 Å². The zero-order valence-electron chi connectivity index (χ0n) is 12.1. The molecule has 1 unspecified atom stereocenters. The Balaban J connectivity index is 1.65. The van der Waals surface area contributed by atoms with Crippen LogP contribution in [0.1, 0.15) is 38.3 Å². The fraction of sp³-hybridized carbons (Fsp3) is 0.733. The van der Waals surface area contributed by atoms with E-state index in [1.807, 2.05) is 6.92 Å². The number of nitrogens with one attached hydrogen (secondary N) is 1. The monoisotopic (exact) mass is 278 g/mol. The van der Waals surface area contributed by atoms with E-state index in [0.29, 0.717) is 24.0 Å². The Hall–Kier alpha value is -1.23. The highest BCUT2D eigenvalue weighted by Crippen LogP contribution is 2.29. The molecule has 2 aliphatic rings. The maximum Gasteiger partial charge on any atom is 0.187 e. The molecule has 0 aliphatic carbocycles. The van der Waals surface area contributed by atoms with Gasteiger partial charge in [0.1, 0.15) is 6.33 Å². The van der Waals surface area contributed by atoms with Gasteiger partial charge in [0, 0.05) is 19.1 Å². The van der Waals surface area contributed by atoms with Gasteiger partial charge in [0.05, 0.1) is 5.69 Å². The summed E-state index contributed by atoms with van der Waals surface area (Å²) < 4.78 is 14.3. The van der Waals surface area contributed by atoms with E-state index in [4.69, 9.17) is 0 Å². The second kappa shape index (κ2) is 6.04. The molecule has 110 valence electrons. The molecule has 1 atom stereocenters. The molecule has 1 N–H and O–H groups in total. The minimum atomic E-state index is -0.229. The molecular formula is C15H23FN4. The van der Waals surface area contributed by atoms with Crippen LogP contribution in [-0.2, 0) is 6.42 Å². The fourth-order valence-corrected chi connectivity index (χ4v) is 3.49. The number of nitrogens with zero attached hydrogens (tertiary/aromatic N) is 3. The second-order valence-corrected chi connectivity index (χ2v) is 5.84. The SMILES string of the molecule is CCc1ncnc(N2CCC(C3CCCN3)CC2)c1F. The van der Waals surface area contributed by atoms with Gasteiger partial charge < -0.3 is 10.2 Å². The van der Waals surface area contributed by atoms with Gasteiger partial charge in [-0.1, -0.05) is 6.92 Å². The van der Waals surface area contributed by atoms with Crippen LogP contribution < -0.4 is 10.2 Å². The first-order valence-electron chi connectivity index (χ1n) is 7.77. The summed E-state index contributed by atoms with van der Waals surface area (Å²) in [4.78, 5) is 10.2. The van der Waals surface area contributed by atoms with Crippen molar-refractivity contribution in [3.8, 4) is 0 Å². The molecule has 2 saturated heterocycles. The average molecular weight is 278 g/mol. The van der Waals surface area contributed by atoms with Gasteiger partial charge >= 0.3 is 0 Å². The molecule has 4 nitrogen and oxygen atoms in total. The summed E-state index contributed by atoms with van der Waals surface area (Å²) in [6.07, 6.45) is 6.95. The van der Waals surface area contributed by atoms with E-state index >= 15 is 0 Å². The Kier molecular flexibility index (Phi) is 4.15. The van der Waals surface area contributed by atoms with Crippen molar-refractivity contribution in [1.29, 1.82) is 0 Å². The van der Waals surface area contributed by atoms with Crippen molar-refractivity contribution in [2.75, 3.05) is 24.5 Å². The Bertz CT molecular complexity index is 451. The minimum absolute atomic E-state index is 0.229. The largest absolute Gasteiger partial charge is 0.354 e. The predicted molar refractivity (Wildman–Crippen MR) is 77.3 cm³/mol. The van der Waals surface area contributed by atoms with Crippen LogP contribution in [0.15, 0.2) is 6.33 Å². The van der Waals surface area contributed by atoms with Crippen molar-refractivity contribution in [3.05, 3.63) is 17.8 Å². The number of aryl methyl sites for hydroxylation is 1. The van der Waals surface area contributed by atoms with Gasteiger partial charge in [0.15, 0.2) is 11.6 Å². The van der Waals surface area contributed by atoms with Crippen molar-refractivity contribution in [2.45, 2.75) is 45.1 Å². The highest BCUT2D eigenvalue weighted by Gasteiger charge is 2.29. The molecule has 1 aromatic rings. The Labute approximate surface area is 119 Å². The summed E-state index contributed by atoms with van der Waals surface area (Å²) in [5.74, 6) is 1.01. The van der Waals surface area contributed by atoms with Crippen LogP contribution in [0.4, 0.5) is 10.2 Å². The van der Waals surface area contributed by atoms with E-state index in [0.717, 1.165) is 38.4 Å². The third-order valence-electron chi connectivity index (χ3n) is 4.68. The Morgan fingerprint density at radius 3 is 2.75 bits per heavy atom. The summed E-state index contributed by atoms with van der Waals surface area (Å²) in [6.45, 7) is 4.89. The predicted octanol–water partition coefficient (Wildman–Crippen LogP) is 2.15. The van der Waals surface area contributed by atoms with Crippen LogP contribution in [0.2, 0.25) is 0 Å². The van der Waals surface area contributed by atoms with Gasteiger partial charge in [0.2, 0.25) is 0 Å². The van der Waals surface area contributed by atoms with Gasteiger partial charge in [-0.3, -0.25) is 0 Å².